The van der Waals surface area contributed by atoms with Crippen LogP contribution in [0.25, 0.3) is 0 Å². The Morgan fingerprint density at radius 2 is 1.88 bits per heavy atom. The summed E-state index contributed by atoms with van der Waals surface area (Å²) in [5.74, 6) is 1.15. The second-order valence-corrected chi connectivity index (χ2v) is 8.83. The van der Waals surface area contributed by atoms with Crippen LogP contribution in [0.15, 0.2) is 18.6 Å². The van der Waals surface area contributed by atoms with Crippen molar-refractivity contribution in [2.45, 2.75) is 57.4 Å². The number of amides is 2. The fraction of sp³-hybridized carbons (Fsp3) is 0.684. The molecule has 2 amide bonds. The second kappa shape index (κ2) is 5.51. The maximum atomic E-state index is 13.0. The fourth-order valence-electron chi connectivity index (χ4n) is 5.63. The molecule has 25 heavy (non-hydrogen) atoms. The van der Waals surface area contributed by atoms with E-state index in [1.807, 2.05) is 13.8 Å². The molecular formula is C19H26N4O2. The summed E-state index contributed by atoms with van der Waals surface area (Å²) in [6.07, 6.45) is 9.67. The van der Waals surface area contributed by atoms with E-state index in [0.717, 1.165) is 32.1 Å². The number of hydrogen-bond donors (Lipinski definition) is 2. The first-order valence-corrected chi connectivity index (χ1v) is 9.19. The lowest BCUT2D eigenvalue weighted by Crippen LogP contribution is -2.63. The first-order valence-electron chi connectivity index (χ1n) is 9.19. The number of primary amides is 1. The molecule has 0 radical (unpaired) electrons. The van der Waals surface area contributed by atoms with Crippen LogP contribution in [0.2, 0.25) is 0 Å². The van der Waals surface area contributed by atoms with Crippen LogP contribution >= 0.6 is 0 Å². The Morgan fingerprint density at radius 3 is 2.44 bits per heavy atom. The zero-order valence-corrected chi connectivity index (χ0v) is 14.9. The first-order chi connectivity index (χ1) is 11.8. The molecule has 4 aliphatic rings. The zero-order chi connectivity index (χ0) is 17.8. The number of nitrogens with two attached hydrogens (primary N) is 1. The summed E-state index contributed by atoms with van der Waals surface area (Å²) >= 11 is 0. The van der Waals surface area contributed by atoms with Crippen molar-refractivity contribution in [3.8, 4) is 0 Å². The predicted molar refractivity (Wildman–Crippen MR) is 92.2 cm³/mol. The third-order valence-corrected chi connectivity index (χ3v) is 6.86. The minimum absolute atomic E-state index is 0.0152. The van der Waals surface area contributed by atoms with Crippen molar-refractivity contribution in [1.29, 1.82) is 0 Å². The van der Waals surface area contributed by atoms with E-state index in [2.05, 4.69) is 15.3 Å². The molecule has 1 heterocycles. The van der Waals surface area contributed by atoms with Gasteiger partial charge < -0.3 is 11.1 Å². The molecule has 4 bridgehead atoms. The van der Waals surface area contributed by atoms with Gasteiger partial charge in [-0.15, -0.1) is 0 Å². The highest BCUT2D eigenvalue weighted by Gasteiger charge is 2.58. The van der Waals surface area contributed by atoms with E-state index in [-0.39, 0.29) is 23.3 Å². The monoisotopic (exact) mass is 342 g/mol. The van der Waals surface area contributed by atoms with Crippen molar-refractivity contribution in [2.75, 3.05) is 0 Å². The smallest absolute Gasteiger partial charge is 0.231 e. The van der Waals surface area contributed by atoms with Gasteiger partial charge in [-0.1, -0.05) is 0 Å². The molecule has 4 fully saturated rings. The Morgan fingerprint density at radius 1 is 1.20 bits per heavy atom. The number of nitrogens with zero attached hydrogens (tertiary/aromatic N) is 2. The molecule has 0 aliphatic heterocycles. The lowest BCUT2D eigenvalue weighted by atomic mass is 9.47. The SMILES string of the molecule is CC(C)(C(=O)NC1C2CC3CC1CC(C(N)=O)(C3)C2)c1cnccn1. The number of carbonyl (C=O) groups excluding carboxylic acids is 2. The highest BCUT2D eigenvalue weighted by molar-refractivity contribution is 5.87. The topological polar surface area (TPSA) is 98.0 Å². The van der Waals surface area contributed by atoms with Crippen molar-refractivity contribution in [3.63, 3.8) is 0 Å². The molecule has 0 saturated heterocycles. The summed E-state index contributed by atoms with van der Waals surface area (Å²) in [7, 11) is 0. The van der Waals surface area contributed by atoms with Gasteiger partial charge in [-0.3, -0.25) is 19.6 Å². The van der Waals surface area contributed by atoms with E-state index < -0.39 is 5.41 Å². The van der Waals surface area contributed by atoms with Gasteiger partial charge >= 0.3 is 0 Å². The molecule has 4 aliphatic carbocycles. The number of aromatic nitrogens is 2. The van der Waals surface area contributed by atoms with Gasteiger partial charge in [0.2, 0.25) is 11.8 Å². The van der Waals surface area contributed by atoms with Gasteiger partial charge in [0.05, 0.1) is 11.1 Å². The van der Waals surface area contributed by atoms with Gasteiger partial charge in [-0.2, -0.15) is 0 Å². The summed E-state index contributed by atoms with van der Waals surface area (Å²) in [5, 5.41) is 3.30. The minimum atomic E-state index is -0.732. The molecule has 1 aromatic rings. The van der Waals surface area contributed by atoms with E-state index in [9.17, 15) is 9.59 Å². The Hall–Kier alpha value is -1.98. The van der Waals surface area contributed by atoms with Gasteiger partial charge in [0.15, 0.2) is 0 Å². The summed E-state index contributed by atoms with van der Waals surface area (Å²) < 4.78 is 0. The van der Waals surface area contributed by atoms with Crippen molar-refractivity contribution >= 4 is 11.8 Å². The lowest BCUT2D eigenvalue weighted by molar-refractivity contribution is -0.148. The Labute approximate surface area is 148 Å². The summed E-state index contributed by atoms with van der Waals surface area (Å²) in [5.41, 5.74) is 5.36. The molecule has 5 rings (SSSR count). The van der Waals surface area contributed by atoms with Gasteiger partial charge in [0, 0.05) is 30.0 Å². The van der Waals surface area contributed by atoms with E-state index in [1.54, 1.807) is 18.6 Å². The van der Waals surface area contributed by atoms with E-state index >= 15 is 0 Å². The quantitative estimate of drug-likeness (QED) is 0.867. The Bertz CT molecular complexity index is 687. The standard InChI is InChI=1S/C19H26N4O2/c1-18(2,14-10-21-3-4-22-14)17(25)23-15-12-5-11-6-13(15)9-19(7-11,8-12)16(20)24/h3-4,10-13,15H,5-9H2,1-2H3,(H2,20,24)(H,23,25). The number of rotatable bonds is 4. The minimum Gasteiger partial charge on any atom is -0.369 e. The summed E-state index contributed by atoms with van der Waals surface area (Å²) in [4.78, 5) is 33.4. The van der Waals surface area contributed by atoms with Crippen LogP contribution in [-0.4, -0.2) is 27.8 Å². The highest BCUT2D eigenvalue weighted by Crippen LogP contribution is 2.60. The van der Waals surface area contributed by atoms with E-state index in [0.29, 0.717) is 23.4 Å². The molecule has 6 nitrogen and oxygen atoms in total. The second-order valence-electron chi connectivity index (χ2n) is 8.83. The van der Waals surface area contributed by atoms with Crippen LogP contribution in [0.5, 0.6) is 0 Å². The molecule has 134 valence electrons. The molecule has 0 spiro atoms. The molecular weight excluding hydrogens is 316 g/mol. The molecule has 0 aromatic carbocycles. The average Bonchev–Trinajstić information content (AvgIpc) is 2.58. The Balaban J connectivity index is 1.53. The number of hydrogen-bond acceptors (Lipinski definition) is 4. The first kappa shape index (κ1) is 16.5. The summed E-state index contributed by atoms with van der Waals surface area (Å²) in [6, 6.07) is 0.146. The Kier molecular flexibility index (Phi) is 3.63. The van der Waals surface area contributed by atoms with E-state index in [1.165, 1.54) is 0 Å². The van der Waals surface area contributed by atoms with Crippen molar-refractivity contribution in [2.24, 2.45) is 28.9 Å². The van der Waals surface area contributed by atoms with Crippen molar-refractivity contribution in [3.05, 3.63) is 24.3 Å². The van der Waals surface area contributed by atoms with Gasteiger partial charge in [-0.25, -0.2) is 0 Å². The van der Waals surface area contributed by atoms with Gasteiger partial charge in [0.25, 0.3) is 0 Å². The number of nitrogens with one attached hydrogen (secondary N) is 1. The highest BCUT2D eigenvalue weighted by atomic mass is 16.2. The summed E-state index contributed by atoms with van der Waals surface area (Å²) in [6.45, 7) is 3.76. The van der Waals surface area contributed by atoms with Crippen LogP contribution in [-0.2, 0) is 15.0 Å². The van der Waals surface area contributed by atoms with Gasteiger partial charge in [0.1, 0.15) is 0 Å². The fourth-order valence-corrected chi connectivity index (χ4v) is 5.63. The lowest BCUT2D eigenvalue weighted by Gasteiger charge is -2.59. The van der Waals surface area contributed by atoms with Crippen LogP contribution < -0.4 is 11.1 Å². The maximum absolute atomic E-state index is 13.0. The molecule has 4 saturated carbocycles. The molecule has 6 heteroatoms. The molecule has 2 unspecified atom stereocenters. The van der Waals surface area contributed by atoms with Crippen LogP contribution in [0.1, 0.15) is 51.6 Å². The van der Waals surface area contributed by atoms with Crippen LogP contribution in [0.4, 0.5) is 0 Å². The predicted octanol–water partition coefficient (Wildman–Crippen LogP) is 1.55. The molecule has 1 aromatic heterocycles. The third kappa shape index (κ3) is 2.53. The maximum Gasteiger partial charge on any atom is 0.231 e. The molecule has 3 N–H and O–H groups in total. The number of carbonyl (C=O) groups is 2. The van der Waals surface area contributed by atoms with Crippen molar-refractivity contribution in [1.82, 2.24) is 15.3 Å². The van der Waals surface area contributed by atoms with Gasteiger partial charge in [-0.05, 0) is 63.7 Å². The zero-order valence-electron chi connectivity index (χ0n) is 14.9. The van der Waals surface area contributed by atoms with Crippen LogP contribution in [0, 0.1) is 23.2 Å². The third-order valence-electron chi connectivity index (χ3n) is 6.86. The van der Waals surface area contributed by atoms with Crippen molar-refractivity contribution < 1.29 is 9.59 Å². The average molecular weight is 342 g/mol. The van der Waals surface area contributed by atoms with Crippen LogP contribution in [0.3, 0.4) is 0 Å². The molecule has 2 atom stereocenters. The normalized spacial score (nSPS) is 36.2. The largest absolute Gasteiger partial charge is 0.369 e. The van der Waals surface area contributed by atoms with E-state index in [4.69, 9.17) is 5.73 Å².